The van der Waals surface area contributed by atoms with Gasteiger partial charge in [-0.2, -0.15) is 0 Å². The smallest absolute Gasteiger partial charge is 0.161 e. The van der Waals surface area contributed by atoms with Gasteiger partial charge in [0.2, 0.25) is 0 Å². The monoisotopic (exact) mass is 371 g/mol. The third-order valence-electron chi connectivity index (χ3n) is 4.11. The lowest BCUT2D eigenvalue weighted by atomic mass is 10.1. The lowest BCUT2D eigenvalue weighted by Gasteiger charge is -2.15. The molecule has 2 rings (SSSR count). The van der Waals surface area contributed by atoms with Gasteiger partial charge in [0, 0.05) is 6.54 Å². The van der Waals surface area contributed by atoms with Gasteiger partial charge in [-0.25, -0.2) is 0 Å². The van der Waals surface area contributed by atoms with Gasteiger partial charge in [0.15, 0.2) is 11.5 Å². The second-order valence-electron chi connectivity index (χ2n) is 6.18. The Morgan fingerprint density at radius 1 is 1.04 bits per heavy atom. The number of benzene rings is 2. The van der Waals surface area contributed by atoms with Crippen LogP contribution in [0.1, 0.15) is 18.1 Å². The van der Waals surface area contributed by atoms with Crippen molar-refractivity contribution >= 4 is 6.08 Å². The molecule has 27 heavy (non-hydrogen) atoms. The molecule has 0 bridgehead atoms. The number of aliphatic hydroxyl groups is 1. The summed E-state index contributed by atoms with van der Waals surface area (Å²) in [5.74, 6) is 2.14. The lowest BCUT2D eigenvalue weighted by Crippen LogP contribution is -2.32. The summed E-state index contributed by atoms with van der Waals surface area (Å²) in [4.78, 5) is 0. The zero-order valence-corrected chi connectivity index (χ0v) is 16.3. The zero-order valence-electron chi connectivity index (χ0n) is 16.3. The molecule has 1 atom stereocenters. The summed E-state index contributed by atoms with van der Waals surface area (Å²) in [5.41, 5.74) is 2.27. The maximum atomic E-state index is 10.1. The molecule has 0 amide bonds. The topological polar surface area (TPSA) is 60.0 Å². The Labute approximate surface area is 161 Å². The van der Waals surface area contributed by atoms with E-state index in [1.807, 2.05) is 61.5 Å². The maximum Gasteiger partial charge on any atom is 0.161 e. The number of aliphatic hydroxyl groups excluding tert-OH is 1. The van der Waals surface area contributed by atoms with E-state index in [0.29, 0.717) is 18.0 Å². The summed E-state index contributed by atoms with van der Waals surface area (Å²) in [6.45, 7) is 3.42. The van der Waals surface area contributed by atoms with Gasteiger partial charge in [0.25, 0.3) is 0 Å². The van der Waals surface area contributed by atoms with Gasteiger partial charge in [0.1, 0.15) is 18.5 Å². The Hall–Kier alpha value is -2.50. The van der Waals surface area contributed by atoms with E-state index in [1.54, 1.807) is 14.2 Å². The van der Waals surface area contributed by atoms with E-state index >= 15 is 0 Å². The molecule has 0 fully saturated rings. The number of methoxy groups -OCH3 is 2. The molecule has 0 spiro atoms. The normalized spacial score (nSPS) is 12.1. The fourth-order valence-electron chi connectivity index (χ4n) is 2.64. The number of allylic oxidation sites excluding steroid dienone is 1. The van der Waals surface area contributed by atoms with E-state index in [9.17, 15) is 5.11 Å². The summed E-state index contributed by atoms with van der Waals surface area (Å²) in [6.07, 6.45) is 4.25. The first-order valence-corrected chi connectivity index (χ1v) is 9.11. The van der Waals surface area contributed by atoms with Crippen LogP contribution in [0.3, 0.4) is 0 Å². The minimum absolute atomic E-state index is 0.203. The molecule has 2 aromatic rings. The van der Waals surface area contributed by atoms with Crippen molar-refractivity contribution in [1.82, 2.24) is 5.32 Å². The third-order valence-corrected chi connectivity index (χ3v) is 4.11. The molecule has 0 aromatic heterocycles. The number of ether oxygens (including phenoxy) is 3. The predicted molar refractivity (Wildman–Crippen MR) is 109 cm³/mol. The summed E-state index contributed by atoms with van der Waals surface area (Å²) < 4.78 is 16.2. The van der Waals surface area contributed by atoms with Crippen LogP contribution in [-0.4, -0.2) is 45.1 Å². The van der Waals surface area contributed by atoms with Crippen molar-refractivity contribution in [2.24, 2.45) is 0 Å². The first-order chi connectivity index (χ1) is 13.2. The van der Waals surface area contributed by atoms with Crippen LogP contribution in [0.2, 0.25) is 0 Å². The first-order valence-electron chi connectivity index (χ1n) is 9.11. The van der Waals surface area contributed by atoms with E-state index in [1.165, 1.54) is 5.56 Å². The molecule has 5 nitrogen and oxygen atoms in total. The molecule has 0 radical (unpaired) electrons. The molecule has 5 heteroatoms. The zero-order chi connectivity index (χ0) is 19.5. The van der Waals surface area contributed by atoms with Gasteiger partial charge in [-0.3, -0.25) is 0 Å². The minimum atomic E-state index is -0.596. The van der Waals surface area contributed by atoms with Crippen LogP contribution < -0.4 is 19.5 Å². The molecule has 146 valence electrons. The molecule has 2 N–H and O–H groups in total. The Morgan fingerprint density at radius 2 is 1.81 bits per heavy atom. The summed E-state index contributed by atoms with van der Waals surface area (Å²) in [5, 5.41) is 13.4. The highest BCUT2D eigenvalue weighted by Crippen LogP contribution is 2.28. The predicted octanol–water partition coefficient (Wildman–Crippen LogP) is 3.31. The highest BCUT2D eigenvalue weighted by atomic mass is 16.5. The first kappa shape index (κ1) is 20.8. The van der Waals surface area contributed by atoms with Crippen LogP contribution in [0, 0.1) is 0 Å². The van der Waals surface area contributed by atoms with Crippen molar-refractivity contribution < 1.29 is 19.3 Å². The number of rotatable bonds is 11. The van der Waals surface area contributed by atoms with Crippen LogP contribution in [0.5, 0.6) is 17.2 Å². The number of hydrogen-bond acceptors (Lipinski definition) is 5. The van der Waals surface area contributed by atoms with E-state index < -0.39 is 6.10 Å². The van der Waals surface area contributed by atoms with Crippen molar-refractivity contribution in [3.63, 3.8) is 0 Å². The maximum absolute atomic E-state index is 10.1. The van der Waals surface area contributed by atoms with E-state index in [-0.39, 0.29) is 6.61 Å². The van der Waals surface area contributed by atoms with Gasteiger partial charge < -0.3 is 24.6 Å². The standard InChI is InChI=1S/C22H29NO4/c1-4-5-18-8-11-21(22(14-18)26-3)27-16-19(24)15-23-13-12-17-6-9-20(25-2)10-7-17/h4-11,14,19,23-24H,12-13,15-16H2,1-3H3. The van der Waals surface area contributed by atoms with Crippen LogP contribution in [0.15, 0.2) is 48.5 Å². The molecule has 0 aliphatic carbocycles. The van der Waals surface area contributed by atoms with Gasteiger partial charge in [-0.05, 0) is 55.3 Å². The largest absolute Gasteiger partial charge is 0.497 e. The van der Waals surface area contributed by atoms with Crippen LogP contribution in [-0.2, 0) is 6.42 Å². The Morgan fingerprint density at radius 3 is 2.48 bits per heavy atom. The van der Waals surface area contributed by atoms with Crippen LogP contribution >= 0.6 is 0 Å². The fraction of sp³-hybridized carbons (Fsp3) is 0.364. The van der Waals surface area contributed by atoms with Crippen molar-refractivity contribution in [3.05, 3.63) is 59.7 Å². The summed E-state index contributed by atoms with van der Waals surface area (Å²) in [6, 6.07) is 13.7. The van der Waals surface area contributed by atoms with E-state index in [2.05, 4.69) is 5.32 Å². The van der Waals surface area contributed by atoms with Crippen molar-refractivity contribution in [2.75, 3.05) is 33.9 Å². The van der Waals surface area contributed by atoms with Crippen molar-refractivity contribution in [1.29, 1.82) is 0 Å². The SMILES string of the molecule is CC=Cc1ccc(OCC(O)CNCCc2ccc(OC)cc2)c(OC)c1. The third kappa shape index (κ3) is 6.96. The Kier molecular flexibility index (Phi) is 8.68. The molecular weight excluding hydrogens is 342 g/mol. The molecule has 1 unspecified atom stereocenters. The number of hydrogen-bond donors (Lipinski definition) is 2. The molecule has 0 saturated carbocycles. The van der Waals surface area contributed by atoms with Gasteiger partial charge >= 0.3 is 0 Å². The second-order valence-corrected chi connectivity index (χ2v) is 6.18. The lowest BCUT2D eigenvalue weighted by molar-refractivity contribution is 0.105. The van der Waals surface area contributed by atoms with Crippen molar-refractivity contribution in [2.45, 2.75) is 19.4 Å². The highest BCUT2D eigenvalue weighted by Gasteiger charge is 2.09. The average molecular weight is 371 g/mol. The molecule has 2 aromatic carbocycles. The highest BCUT2D eigenvalue weighted by molar-refractivity contribution is 5.55. The fourth-order valence-corrected chi connectivity index (χ4v) is 2.64. The number of nitrogens with one attached hydrogen (secondary N) is 1. The molecule has 0 heterocycles. The van der Waals surface area contributed by atoms with Crippen LogP contribution in [0.25, 0.3) is 6.08 Å². The van der Waals surface area contributed by atoms with Crippen molar-refractivity contribution in [3.8, 4) is 17.2 Å². The van der Waals surface area contributed by atoms with Gasteiger partial charge in [-0.15, -0.1) is 0 Å². The second kappa shape index (κ2) is 11.3. The molecule has 0 aliphatic rings. The molecule has 0 saturated heterocycles. The molecule has 0 aliphatic heterocycles. The summed E-state index contributed by atoms with van der Waals surface area (Å²) in [7, 11) is 3.27. The Bertz CT molecular complexity index is 713. The molecular formula is C22H29NO4. The summed E-state index contributed by atoms with van der Waals surface area (Å²) >= 11 is 0. The van der Waals surface area contributed by atoms with Gasteiger partial charge in [-0.1, -0.05) is 30.4 Å². The van der Waals surface area contributed by atoms with E-state index in [0.717, 1.165) is 24.3 Å². The minimum Gasteiger partial charge on any atom is -0.497 e. The van der Waals surface area contributed by atoms with Gasteiger partial charge in [0.05, 0.1) is 14.2 Å². The van der Waals surface area contributed by atoms with E-state index in [4.69, 9.17) is 14.2 Å². The average Bonchev–Trinajstić information content (AvgIpc) is 2.70. The Balaban J connectivity index is 1.71. The quantitative estimate of drug-likeness (QED) is 0.594. The van der Waals surface area contributed by atoms with Crippen LogP contribution in [0.4, 0.5) is 0 Å².